The zero-order valence-corrected chi connectivity index (χ0v) is 11.0. The van der Waals surface area contributed by atoms with Gasteiger partial charge in [-0.1, -0.05) is 0 Å². The van der Waals surface area contributed by atoms with Crippen LogP contribution in [0.25, 0.3) is 11.3 Å². The second-order valence-electron chi connectivity index (χ2n) is 3.84. The first-order valence-electron chi connectivity index (χ1n) is 5.59. The van der Waals surface area contributed by atoms with Crippen molar-refractivity contribution in [1.29, 1.82) is 0 Å². The first kappa shape index (κ1) is 13.6. The lowest BCUT2D eigenvalue weighted by molar-refractivity contribution is 0.0702. The van der Waals surface area contributed by atoms with Crippen LogP contribution in [0.15, 0.2) is 24.3 Å². The summed E-state index contributed by atoms with van der Waals surface area (Å²) in [4.78, 5) is 15.7. The number of hydrogen-bond acceptors (Lipinski definition) is 4. The van der Waals surface area contributed by atoms with Crippen LogP contribution in [-0.4, -0.2) is 29.8 Å². The highest BCUT2D eigenvalue weighted by Gasteiger charge is 2.18. The van der Waals surface area contributed by atoms with Crippen LogP contribution in [0.5, 0.6) is 0 Å². The van der Waals surface area contributed by atoms with Crippen molar-refractivity contribution < 1.29 is 19.0 Å². The standard InChI is InChI=1S/C13H12FNO3S/c1-18-7-6-10-15-11(12(19-10)13(16)17)8-2-4-9(14)5-3-8/h2-5H,6-7H2,1H3,(H,16,17). The van der Waals surface area contributed by atoms with Crippen molar-refractivity contribution >= 4 is 17.3 Å². The van der Waals surface area contributed by atoms with Crippen molar-refractivity contribution in [1.82, 2.24) is 4.98 Å². The summed E-state index contributed by atoms with van der Waals surface area (Å²) in [5.41, 5.74) is 0.974. The van der Waals surface area contributed by atoms with Gasteiger partial charge in [-0.3, -0.25) is 0 Å². The molecule has 0 aliphatic heterocycles. The summed E-state index contributed by atoms with van der Waals surface area (Å²) in [6, 6.07) is 5.62. The van der Waals surface area contributed by atoms with Crippen LogP contribution in [0.1, 0.15) is 14.7 Å². The van der Waals surface area contributed by atoms with Gasteiger partial charge in [0, 0.05) is 19.1 Å². The smallest absolute Gasteiger partial charge is 0.348 e. The number of halogens is 1. The molecule has 0 spiro atoms. The number of carboxylic acid groups (broad SMARTS) is 1. The van der Waals surface area contributed by atoms with Gasteiger partial charge in [-0.05, 0) is 24.3 Å². The average molecular weight is 281 g/mol. The van der Waals surface area contributed by atoms with E-state index in [9.17, 15) is 14.3 Å². The number of nitrogens with zero attached hydrogens (tertiary/aromatic N) is 1. The SMILES string of the molecule is COCCc1nc(-c2ccc(F)cc2)c(C(=O)O)s1. The van der Waals surface area contributed by atoms with Gasteiger partial charge in [-0.25, -0.2) is 14.2 Å². The van der Waals surface area contributed by atoms with E-state index in [0.717, 1.165) is 11.3 Å². The van der Waals surface area contributed by atoms with E-state index in [2.05, 4.69) is 4.98 Å². The molecule has 1 heterocycles. The molecule has 0 saturated carbocycles. The summed E-state index contributed by atoms with van der Waals surface area (Å²) < 4.78 is 17.8. The minimum atomic E-state index is -1.03. The predicted molar refractivity (Wildman–Crippen MR) is 70.0 cm³/mol. The Kier molecular flexibility index (Phi) is 4.24. The van der Waals surface area contributed by atoms with Gasteiger partial charge in [0.25, 0.3) is 0 Å². The molecule has 4 nitrogen and oxygen atoms in total. The third-order valence-corrected chi connectivity index (χ3v) is 3.61. The molecule has 0 aliphatic carbocycles. The number of rotatable bonds is 5. The van der Waals surface area contributed by atoms with E-state index in [4.69, 9.17) is 4.74 Å². The van der Waals surface area contributed by atoms with Crippen LogP contribution in [-0.2, 0) is 11.2 Å². The Bertz CT molecular complexity index is 580. The zero-order chi connectivity index (χ0) is 13.8. The van der Waals surface area contributed by atoms with E-state index in [1.165, 1.54) is 24.3 Å². The fourth-order valence-corrected chi connectivity index (χ4v) is 2.51. The van der Waals surface area contributed by atoms with Crippen LogP contribution in [0, 0.1) is 5.82 Å². The van der Waals surface area contributed by atoms with E-state index in [1.807, 2.05) is 0 Å². The molecule has 6 heteroatoms. The number of carbonyl (C=O) groups is 1. The quantitative estimate of drug-likeness (QED) is 0.915. The van der Waals surface area contributed by atoms with Crippen LogP contribution in [0.2, 0.25) is 0 Å². The molecule has 0 atom stereocenters. The molecule has 0 amide bonds. The Balaban J connectivity index is 2.39. The Labute approximate surface area is 113 Å². The molecular formula is C13H12FNO3S. The lowest BCUT2D eigenvalue weighted by atomic mass is 10.1. The van der Waals surface area contributed by atoms with E-state index in [0.29, 0.717) is 29.3 Å². The highest BCUT2D eigenvalue weighted by Crippen LogP contribution is 2.28. The third kappa shape index (κ3) is 3.15. The highest BCUT2D eigenvalue weighted by molar-refractivity contribution is 7.14. The van der Waals surface area contributed by atoms with E-state index in [-0.39, 0.29) is 10.7 Å². The van der Waals surface area contributed by atoms with Crippen molar-refractivity contribution in [3.05, 3.63) is 40.0 Å². The number of ether oxygens (including phenoxy) is 1. The minimum absolute atomic E-state index is 0.165. The van der Waals surface area contributed by atoms with Gasteiger partial charge in [0.1, 0.15) is 10.7 Å². The van der Waals surface area contributed by atoms with Gasteiger partial charge in [-0.15, -0.1) is 11.3 Å². The molecule has 0 bridgehead atoms. The molecule has 2 rings (SSSR count). The summed E-state index contributed by atoms with van der Waals surface area (Å²) in [7, 11) is 1.58. The fourth-order valence-electron chi connectivity index (χ4n) is 1.61. The Morgan fingerprint density at radius 2 is 2.11 bits per heavy atom. The number of aromatic nitrogens is 1. The molecule has 0 aliphatic rings. The van der Waals surface area contributed by atoms with Crippen molar-refractivity contribution in [2.75, 3.05) is 13.7 Å². The lowest BCUT2D eigenvalue weighted by Crippen LogP contribution is -1.95. The molecule has 0 fully saturated rings. The van der Waals surface area contributed by atoms with E-state index in [1.54, 1.807) is 7.11 Å². The minimum Gasteiger partial charge on any atom is -0.477 e. The maximum atomic E-state index is 12.9. The molecule has 0 unspecified atom stereocenters. The van der Waals surface area contributed by atoms with Gasteiger partial charge in [-0.2, -0.15) is 0 Å². The number of carboxylic acids is 1. The number of thiazole rings is 1. The lowest BCUT2D eigenvalue weighted by Gasteiger charge is -1.98. The van der Waals surface area contributed by atoms with Crippen LogP contribution in [0.3, 0.4) is 0 Å². The largest absolute Gasteiger partial charge is 0.477 e. The maximum absolute atomic E-state index is 12.9. The first-order chi connectivity index (χ1) is 9.11. The van der Waals surface area contributed by atoms with E-state index >= 15 is 0 Å². The average Bonchev–Trinajstić information content (AvgIpc) is 2.81. The topological polar surface area (TPSA) is 59.4 Å². The number of hydrogen-bond donors (Lipinski definition) is 1. The molecule has 1 N–H and O–H groups in total. The molecule has 0 saturated heterocycles. The second kappa shape index (κ2) is 5.90. The van der Waals surface area contributed by atoms with Crippen LogP contribution in [0.4, 0.5) is 4.39 Å². The first-order valence-corrected chi connectivity index (χ1v) is 6.41. The van der Waals surface area contributed by atoms with Gasteiger partial charge in [0.15, 0.2) is 0 Å². The normalized spacial score (nSPS) is 10.6. The summed E-state index contributed by atoms with van der Waals surface area (Å²) in [6.45, 7) is 0.482. The molecule has 2 aromatic rings. The molecule has 100 valence electrons. The van der Waals surface area contributed by atoms with Crippen molar-refractivity contribution in [2.45, 2.75) is 6.42 Å². The van der Waals surface area contributed by atoms with Crippen molar-refractivity contribution in [2.24, 2.45) is 0 Å². The van der Waals surface area contributed by atoms with Crippen LogP contribution < -0.4 is 0 Å². The Morgan fingerprint density at radius 1 is 1.42 bits per heavy atom. The number of benzene rings is 1. The fraction of sp³-hybridized carbons (Fsp3) is 0.231. The predicted octanol–water partition coefficient (Wildman–Crippen LogP) is 2.84. The maximum Gasteiger partial charge on any atom is 0.348 e. The summed E-state index contributed by atoms with van der Waals surface area (Å²) >= 11 is 1.12. The monoisotopic (exact) mass is 281 g/mol. The molecule has 1 aromatic heterocycles. The van der Waals surface area contributed by atoms with Crippen molar-refractivity contribution in [3.63, 3.8) is 0 Å². The number of methoxy groups -OCH3 is 1. The zero-order valence-electron chi connectivity index (χ0n) is 10.2. The Hall–Kier alpha value is -1.79. The Morgan fingerprint density at radius 3 is 2.68 bits per heavy atom. The van der Waals surface area contributed by atoms with Crippen LogP contribution >= 0.6 is 11.3 Å². The van der Waals surface area contributed by atoms with E-state index < -0.39 is 5.97 Å². The third-order valence-electron chi connectivity index (χ3n) is 2.50. The second-order valence-corrected chi connectivity index (χ2v) is 4.92. The summed E-state index contributed by atoms with van der Waals surface area (Å²) in [5, 5.41) is 9.88. The van der Waals surface area contributed by atoms with Gasteiger partial charge >= 0.3 is 5.97 Å². The van der Waals surface area contributed by atoms with Gasteiger partial charge in [0.05, 0.1) is 17.3 Å². The molecule has 0 radical (unpaired) electrons. The van der Waals surface area contributed by atoms with Gasteiger partial charge in [0.2, 0.25) is 0 Å². The highest BCUT2D eigenvalue weighted by atomic mass is 32.1. The molecule has 19 heavy (non-hydrogen) atoms. The number of aromatic carboxylic acids is 1. The molecular weight excluding hydrogens is 269 g/mol. The summed E-state index contributed by atoms with van der Waals surface area (Å²) in [6.07, 6.45) is 0.558. The van der Waals surface area contributed by atoms with Gasteiger partial charge < -0.3 is 9.84 Å². The molecule has 1 aromatic carbocycles. The summed E-state index contributed by atoms with van der Waals surface area (Å²) in [5.74, 6) is -1.39. The van der Waals surface area contributed by atoms with Crippen molar-refractivity contribution in [3.8, 4) is 11.3 Å².